The first-order valence-corrected chi connectivity index (χ1v) is 14.7. The van der Waals surface area contributed by atoms with Crippen LogP contribution >= 0.6 is 24.8 Å². The minimum absolute atomic E-state index is 0. The van der Waals surface area contributed by atoms with E-state index in [0.29, 0.717) is 17.1 Å². The summed E-state index contributed by atoms with van der Waals surface area (Å²) in [6.07, 6.45) is 5.28. The van der Waals surface area contributed by atoms with Gasteiger partial charge in [-0.15, -0.1) is 24.8 Å². The van der Waals surface area contributed by atoms with E-state index in [9.17, 15) is 9.59 Å². The average molecular weight is 738 g/mol. The maximum Gasteiger partial charge on any atom is 0.227 e. The van der Waals surface area contributed by atoms with Crippen molar-refractivity contribution >= 4 is 58.2 Å². The number of rotatable bonds is 5. The first-order chi connectivity index (χ1) is 21.2. The Hall–Kier alpha value is -4.10. The molecule has 5 heterocycles. The van der Waals surface area contributed by atoms with Gasteiger partial charge in [-0.25, -0.2) is 0 Å². The van der Waals surface area contributed by atoms with Crippen LogP contribution in [0, 0.1) is 0 Å². The van der Waals surface area contributed by atoms with E-state index in [0.717, 1.165) is 61.1 Å². The second-order valence-electron chi connectivity index (χ2n) is 11.2. The van der Waals surface area contributed by atoms with Crippen LogP contribution in [0.4, 0.5) is 0 Å². The molecule has 234 valence electrons. The maximum absolute atomic E-state index is 12.4. The van der Waals surface area contributed by atoms with Crippen molar-refractivity contribution in [3.63, 3.8) is 0 Å². The van der Waals surface area contributed by atoms with Crippen LogP contribution in [0.15, 0.2) is 120 Å². The summed E-state index contributed by atoms with van der Waals surface area (Å²) in [5, 5.41) is 2.26. The van der Waals surface area contributed by atoms with Gasteiger partial charge in [-0.3, -0.25) is 19.6 Å². The summed E-state index contributed by atoms with van der Waals surface area (Å²) in [6, 6.07) is 29.3. The largest absolute Gasteiger partial charge is 0.365 e. The predicted octanol–water partition coefficient (Wildman–Crippen LogP) is 6.14. The summed E-state index contributed by atoms with van der Waals surface area (Å²) in [5.41, 5.74) is 8.53. The van der Waals surface area contributed by atoms with Gasteiger partial charge in [0.05, 0.1) is 16.7 Å². The van der Waals surface area contributed by atoms with Crippen LogP contribution in [0.1, 0.15) is 0 Å². The van der Waals surface area contributed by atoms with Crippen LogP contribution < -0.4 is 0 Å². The second kappa shape index (κ2) is 13.7. The van der Waals surface area contributed by atoms with Crippen molar-refractivity contribution in [2.45, 2.75) is 0 Å². The summed E-state index contributed by atoms with van der Waals surface area (Å²) in [7, 11) is 0. The maximum atomic E-state index is 12.4. The zero-order valence-electron chi connectivity index (χ0n) is 24.8. The summed E-state index contributed by atoms with van der Waals surface area (Å²) in [5.74, 6) is 0.0485. The molecule has 9 rings (SSSR count). The zero-order valence-corrected chi connectivity index (χ0v) is 28.2. The Morgan fingerprint density at radius 1 is 0.522 bits per heavy atom. The van der Waals surface area contributed by atoms with Gasteiger partial charge < -0.3 is 14.7 Å². The Balaban J connectivity index is 0.000000182. The fourth-order valence-corrected chi connectivity index (χ4v) is 5.84. The van der Waals surface area contributed by atoms with Crippen molar-refractivity contribution in [3.05, 3.63) is 120 Å². The van der Waals surface area contributed by atoms with Gasteiger partial charge in [0.1, 0.15) is 11.4 Å². The van der Waals surface area contributed by atoms with Crippen LogP contribution in [0.25, 0.3) is 44.1 Å². The number of carbonyl (C=O) groups is 2. The fraction of sp³-hybridized carbons (Fsp3) is 0.167. The quantitative estimate of drug-likeness (QED) is 0.0930. The monoisotopic (exact) mass is 737 g/mol. The summed E-state index contributed by atoms with van der Waals surface area (Å²) < 4.78 is 0. The molecule has 0 bridgehead atoms. The van der Waals surface area contributed by atoms with Gasteiger partial charge in [0.15, 0.2) is 0 Å². The van der Waals surface area contributed by atoms with Crippen LogP contribution in [-0.2, 0) is 29.1 Å². The Kier molecular flexibility index (Phi) is 9.92. The number of ketones is 2. The molecule has 0 atom stereocenters. The van der Waals surface area contributed by atoms with Gasteiger partial charge in [0.2, 0.25) is 11.6 Å². The smallest absolute Gasteiger partial charge is 0.227 e. The molecule has 5 aromatic rings. The molecule has 3 aromatic carbocycles. The first-order valence-electron chi connectivity index (χ1n) is 14.7. The third-order valence-electron chi connectivity index (χ3n) is 8.28. The first kappa shape index (κ1) is 33.3. The zero-order chi connectivity index (χ0) is 28.9. The Labute approximate surface area is 292 Å². The summed E-state index contributed by atoms with van der Waals surface area (Å²) in [6.45, 7) is 5.41. The molecule has 0 N–H and O–H groups in total. The standard InChI is InChI=1S/C24H16N2.C12H13N3O2.2ClH.Ru/c1-3-7-17(8-4-1)19-13-15-25-23-21(19)11-12-22-20(14-16-26-24(22)23)18-9-5-2-6-10-18;16-9-7-8(13-1-2-13)12(17)11(15-5-6-15)10(9)14-3-4-14;;;/h1-16H;7H,1-6H2;2*1H;. The third-order valence-corrected chi connectivity index (χ3v) is 8.28. The summed E-state index contributed by atoms with van der Waals surface area (Å²) >= 11 is 0. The second-order valence-corrected chi connectivity index (χ2v) is 11.2. The number of hydrogen-bond acceptors (Lipinski definition) is 7. The topological polar surface area (TPSA) is 68.9 Å². The molecule has 0 unspecified atom stereocenters. The van der Waals surface area contributed by atoms with Crippen molar-refractivity contribution < 1.29 is 29.1 Å². The number of allylic oxidation sites excluding steroid dienone is 1. The van der Waals surface area contributed by atoms with Crippen LogP contribution in [0.5, 0.6) is 0 Å². The number of nitrogens with zero attached hydrogens (tertiary/aromatic N) is 5. The number of hydrogen-bond donors (Lipinski definition) is 0. The predicted molar refractivity (Wildman–Crippen MR) is 182 cm³/mol. The van der Waals surface area contributed by atoms with Gasteiger partial charge in [0.25, 0.3) is 0 Å². The fourth-order valence-electron chi connectivity index (χ4n) is 5.84. The van der Waals surface area contributed by atoms with Crippen molar-refractivity contribution in [1.29, 1.82) is 0 Å². The van der Waals surface area contributed by atoms with Crippen molar-refractivity contribution in [2.75, 3.05) is 39.3 Å². The molecular weight excluding hydrogens is 706 g/mol. The number of Topliss-reactive ketones (excluding diaryl/α,β-unsaturated/α-hetero) is 1. The van der Waals surface area contributed by atoms with E-state index in [1.165, 1.54) is 28.3 Å². The molecule has 46 heavy (non-hydrogen) atoms. The SMILES string of the molecule is Cl.Cl.O=C1C=C(N2CC2)C(=O)C(N2CC2)=C1N1CC1.[Ru].c1ccc(-c2ccnc3c2ccc2c(-c4ccccc4)ccnc23)cc1. The van der Waals surface area contributed by atoms with Crippen molar-refractivity contribution in [1.82, 2.24) is 24.7 Å². The Bertz CT molecular complexity index is 1890. The normalized spacial score (nSPS) is 16.1. The Morgan fingerprint density at radius 3 is 1.39 bits per heavy atom. The van der Waals surface area contributed by atoms with Gasteiger partial charge in [-0.05, 0) is 34.4 Å². The molecule has 4 aliphatic rings. The summed E-state index contributed by atoms with van der Waals surface area (Å²) in [4.78, 5) is 39.8. The van der Waals surface area contributed by atoms with Crippen LogP contribution in [0.3, 0.4) is 0 Å². The molecule has 0 radical (unpaired) electrons. The van der Waals surface area contributed by atoms with E-state index >= 15 is 0 Å². The van der Waals surface area contributed by atoms with Gasteiger partial charge >= 0.3 is 0 Å². The van der Waals surface area contributed by atoms with Crippen molar-refractivity contribution in [2.24, 2.45) is 0 Å². The van der Waals surface area contributed by atoms with E-state index in [1.807, 2.05) is 39.2 Å². The van der Waals surface area contributed by atoms with Crippen molar-refractivity contribution in [3.8, 4) is 22.3 Å². The average Bonchev–Trinajstić information content (AvgIpc) is 3.88. The molecule has 0 spiro atoms. The number of benzene rings is 3. The third kappa shape index (κ3) is 6.30. The number of halogens is 2. The number of fused-ring (bicyclic) bond motifs is 3. The number of carbonyl (C=O) groups excluding carboxylic acids is 2. The van der Waals surface area contributed by atoms with Gasteiger partial charge in [-0.2, -0.15) is 0 Å². The van der Waals surface area contributed by atoms with E-state index < -0.39 is 0 Å². The minimum Gasteiger partial charge on any atom is -0.365 e. The molecule has 10 heteroatoms. The van der Waals surface area contributed by atoms with Crippen LogP contribution in [-0.4, -0.2) is 75.5 Å². The molecule has 1 aliphatic carbocycles. The molecule has 2 aromatic heterocycles. The molecule has 0 amide bonds. The van der Waals surface area contributed by atoms with Gasteiger partial charge in [-0.1, -0.05) is 72.8 Å². The molecule has 3 fully saturated rings. The van der Waals surface area contributed by atoms with E-state index in [-0.39, 0.29) is 55.9 Å². The molecule has 3 aliphatic heterocycles. The van der Waals surface area contributed by atoms with E-state index in [4.69, 9.17) is 0 Å². The molecule has 3 saturated heterocycles. The molecular formula is C36H31Cl2N5O2Ru. The number of pyridine rings is 2. The minimum atomic E-state index is 0. The van der Waals surface area contributed by atoms with Crippen LogP contribution in [0.2, 0.25) is 0 Å². The van der Waals surface area contributed by atoms with E-state index in [2.05, 4.69) is 82.8 Å². The molecule has 7 nitrogen and oxygen atoms in total. The van der Waals surface area contributed by atoms with E-state index in [1.54, 1.807) is 0 Å². The molecule has 0 saturated carbocycles. The Morgan fingerprint density at radius 2 is 0.957 bits per heavy atom. The number of aromatic nitrogens is 2. The van der Waals surface area contributed by atoms with Gasteiger partial charge in [0, 0.05) is 88.0 Å².